The molecule has 0 bridgehead atoms. The molecule has 1 saturated heterocycles. The van der Waals surface area contributed by atoms with Gasteiger partial charge in [-0.15, -0.1) is 0 Å². The first-order valence-electron chi connectivity index (χ1n) is 12.9. The van der Waals surface area contributed by atoms with Gasteiger partial charge < -0.3 is 14.2 Å². The minimum absolute atomic E-state index is 0.0126. The molecule has 1 saturated carbocycles. The first-order chi connectivity index (χ1) is 17.9. The van der Waals surface area contributed by atoms with Crippen LogP contribution in [0.4, 0.5) is 13.6 Å². The van der Waals surface area contributed by atoms with E-state index in [1.165, 1.54) is 16.8 Å². The van der Waals surface area contributed by atoms with E-state index in [0.29, 0.717) is 41.3 Å². The molecular weight excluding hydrogens is 490 g/mol. The lowest BCUT2D eigenvalue weighted by Gasteiger charge is -2.41. The van der Waals surface area contributed by atoms with Gasteiger partial charge in [0.2, 0.25) is 0 Å². The standard InChI is InChI=1S/C29H30F2N4O3/c1-28(2,3)38-27(37)35-10-6-21(15-29(35)7-8-29)34-9-5-17-11-18(13-22(30)24(17)26(34)36)19-12-20-16-33(4)32-25(20)23(31)14-19/h5,9,11-14,16,21H,6-8,10,15H2,1-4H3. The topological polar surface area (TPSA) is 69.4 Å². The Morgan fingerprint density at radius 1 is 1.08 bits per heavy atom. The van der Waals surface area contributed by atoms with Crippen LogP contribution >= 0.6 is 0 Å². The zero-order chi connectivity index (χ0) is 27.0. The fourth-order valence-corrected chi connectivity index (χ4v) is 5.80. The number of aryl methyl sites for hydroxylation is 1. The number of ether oxygens (including phenoxy) is 1. The van der Waals surface area contributed by atoms with Crippen LogP contribution in [0.15, 0.2) is 47.5 Å². The molecule has 2 aromatic carbocycles. The van der Waals surface area contributed by atoms with Gasteiger partial charge in [-0.1, -0.05) is 0 Å². The van der Waals surface area contributed by atoms with E-state index in [0.717, 1.165) is 12.8 Å². The summed E-state index contributed by atoms with van der Waals surface area (Å²) < 4.78 is 38.9. The molecule has 9 heteroatoms. The fraction of sp³-hybridized carbons (Fsp3) is 0.414. The number of rotatable bonds is 2. The van der Waals surface area contributed by atoms with E-state index in [9.17, 15) is 14.0 Å². The van der Waals surface area contributed by atoms with Crippen molar-refractivity contribution in [1.29, 1.82) is 0 Å². The SMILES string of the molecule is Cn1cc2cc(-c3cc(F)c4c(=O)n(C5CCN(C(=O)OC(C)(C)C)C6(CC6)C5)ccc4c3)cc(F)c2n1. The summed E-state index contributed by atoms with van der Waals surface area (Å²) >= 11 is 0. The Labute approximate surface area is 218 Å². The summed E-state index contributed by atoms with van der Waals surface area (Å²) in [7, 11) is 1.71. The maximum atomic E-state index is 15.5. The lowest BCUT2D eigenvalue weighted by molar-refractivity contribution is 0.000497. The molecular formula is C29H30F2N4O3. The number of hydrogen-bond acceptors (Lipinski definition) is 4. The van der Waals surface area contributed by atoms with Crippen LogP contribution in [-0.2, 0) is 11.8 Å². The van der Waals surface area contributed by atoms with Crippen molar-refractivity contribution in [1.82, 2.24) is 19.2 Å². The predicted octanol–water partition coefficient (Wildman–Crippen LogP) is 5.94. The molecule has 2 fully saturated rings. The van der Waals surface area contributed by atoms with Crippen molar-refractivity contribution in [2.45, 2.75) is 63.6 Å². The number of fused-ring (bicyclic) bond motifs is 2. The van der Waals surface area contributed by atoms with Crippen molar-refractivity contribution in [3.05, 3.63) is 64.7 Å². The van der Waals surface area contributed by atoms with E-state index in [-0.39, 0.29) is 28.6 Å². The fourth-order valence-electron chi connectivity index (χ4n) is 5.80. The Balaban J connectivity index is 1.32. The highest BCUT2D eigenvalue weighted by molar-refractivity contribution is 5.90. The third-order valence-electron chi connectivity index (χ3n) is 7.70. The van der Waals surface area contributed by atoms with Crippen LogP contribution in [0.1, 0.15) is 52.5 Å². The highest BCUT2D eigenvalue weighted by Crippen LogP contribution is 2.51. The van der Waals surface area contributed by atoms with E-state index in [4.69, 9.17) is 4.74 Å². The number of aromatic nitrogens is 3. The molecule has 2 aliphatic rings. The number of carbonyl (C=O) groups excluding carboxylic acids is 1. The average molecular weight is 521 g/mol. The van der Waals surface area contributed by atoms with Gasteiger partial charge in [-0.3, -0.25) is 9.48 Å². The first-order valence-corrected chi connectivity index (χ1v) is 12.9. The van der Waals surface area contributed by atoms with E-state index in [1.54, 1.807) is 42.2 Å². The van der Waals surface area contributed by atoms with Crippen LogP contribution in [0.3, 0.4) is 0 Å². The number of hydrogen-bond donors (Lipinski definition) is 0. The number of pyridine rings is 1. The number of benzene rings is 2. The molecule has 1 atom stereocenters. The van der Waals surface area contributed by atoms with Gasteiger partial charge in [0.25, 0.3) is 5.56 Å². The van der Waals surface area contributed by atoms with E-state index in [1.807, 2.05) is 25.7 Å². The second-order valence-corrected chi connectivity index (χ2v) is 11.7. The van der Waals surface area contributed by atoms with Gasteiger partial charge in [0.15, 0.2) is 5.82 Å². The molecule has 1 unspecified atom stereocenters. The van der Waals surface area contributed by atoms with Gasteiger partial charge in [0, 0.05) is 43.0 Å². The van der Waals surface area contributed by atoms with Crippen molar-refractivity contribution in [2.75, 3.05) is 6.54 Å². The minimum atomic E-state index is -0.643. The monoisotopic (exact) mass is 520 g/mol. The van der Waals surface area contributed by atoms with Gasteiger partial charge in [-0.25, -0.2) is 13.6 Å². The highest BCUT2D eigenvalue weighted by atomic mass is 19.1. The van der Waals surface area contributed by atoms with Gasteiger partial charge >= 0.3 is 6.09 Å². The van der Waals surface area contributed by atoms with Gasteiger partial charge in [0.1, 0.15) is 16.9 Å². The van der Waals surface area contributed by atoms with E-state index >= 15 is 4.39 Å². The van der Waals surface area contributed by atoms with Gasteiger partial charge in [-0.05, 0) is 93.3 Å². The molecule has 2 aromatic heterocycles. The Morgan fingerprint density at radius 2 is 1.76 bits per heavy atom. The second kappa shape index (κ2) is 8.38. The molecule has 1 aliphatic carbocycles. The van der Waals surface area contributed by atoms with Gasteiger partial charge in [0.05, 0.1) is 5.39 Å². The summed E-state index contributed by atoms with van der Waals surface area (Å²) in [6.07, 6.45) is 6.03. The van der Waals surface area contributed by atoms with Crippen LogP contribution < -0.4 is 5.56 Å². The van der Waals surface area contributed by atoms with Crippen molar-refractivity contribution in [3.8, 4) is 11.1 Å². The minimum Gasteiger partial charge on any atom is -0.444 e. The summed E-state index contributed by atoms with van der Waals surface area (Å²) in [6, 6.07) is 7.70. The Hall–Kier alpha value is -3.75. The third-order valence-corrected chi connectivity index (χ3v) is 7.70. The number of piperidine rings is 1. The molecule has 0 radical (unpaired) electrons. The number of carbonyl (C=O) groups is 1. The molecule has 3 heterocycles. The number of halogens is 2. The number of amides is 1. The van der Waals surface area contributed by atoms with Crippen LogP contribution in [0, 0.1) is 11.6 Å². The van der Waals surface area contributed by atoms with E-state index < -0.39 is 22.8 Å². The second-order valence-electron chi connectivity index (χ2n) is 11.7. The van der Waals surface area contributed by atoms with Crippen LogP contribution in [-0.4, -0.2) is 43.0 Å². The third kappa shape index (κ3) is 4.14. The molecule has 198 valence electrons. The molecule has 1 aliphatic heterocycles. The van der Waals surface area contributed by atoms with Crippen molar-refractivity contribution < 1.29 is 18.3 Å². The molecule has 1 amide bonds. The zero-order valence-corrected chi connectivity index (χ0v) is 21.9. The van der Waals surface area contributed by atoms with Crippen molar-refractivity contribution in [2.24, 2.45) is 7.05 Å². The predicted molar refractivity (Wildman–Crippen MR) is 141 cm³/mol. The Kier molecular flexibility index (Phi) is 5.42. The van der Waals surface area contributed by atoms with Crippen molar-refractivity contribution in [3.63, 3.8) is 0 Å². The Morgan fingerprint density at radius 3 is 2.45 bits per heavy atom. The molecule has 1 spiro atoms. The largest absolute Gasteiger partial charge is 0.444 e. The Bertz CT molecular complexity index is 1660. The average Bonchev–Trinajstić information content (AvgIpc) is 3.46. The van der Waals surface area contributed by atoms with Crippen LogP contribution in [0.25, 0.3) is 32.8 Å². The van der Waals surface area contributed by atoms with Crippen LogP contribution in [0.2, 0.25) is 0 Å². The number of nitrogens with zero attached hydrogens (tertiary/aromatic N) is 4. The first kappa shape index (κ1) is 24.6. The number of likely N-dealkylation sites (tertiary alicyclic amines) is 1. The van der Waals surface area contributed by atoms with Crippen LogP contribution in [0.5, 0.6) is 0 Å². The lowest BCUT2D eigenvalue weighted by Crippen LogP contribution is -2.50. The van der Waals surface area contributed by atoms with E-state index in [2.05, 4.69) is 5.10 Å². The summed E-state index contributed by atoms with van der Waals surface area (Å²) in [5.74, 6) is -1.13. The summed E-state index contributed by atoms with van der Waals surface area (Å²) in [6.45, 7) is 6.02. The summed E-state index contributed by atoms with van der Waals surface area (Å²) in [5.41, 5.74) is -0.0292. The highest BCUT2D eigenvalue weighted by Gasteiger charge is 2.54. The van der Waals surface area contributed by atoms with Crippen molar-refractivity contribution >= 4 is 27.8 Å². The molecule has 6 rings (SSSR count). The smallest absolute Gasteiger partial charge is 0.410 e. The molecule has 0 N–H and O–H groups in total. The maximum absolute atomic E-state index is 15.5. The lowest BCUT2D eigenvalue weighted by atomic mass is 9.94. The van der Waals surface area contributed by atoms with Gasteiger partial charge in [-0.2, -0.15) is 5.10 Å². The summed E-state index contributed by atoms with van der Waals surface area (Å²) in [4.78, 5) is 28.1. The quantitative estimate of drug-likeness (QED) is 0.328. The summed E-state index contributed by atoms with van der Waals surface area (Å²) in [5, 5.41) is 5.21. The molecule has 4 aromatic rings. The molecule has 38 heavy (non-hydrogen) atoms. The maximum Gasteiger partial charge on any atom is 0.410 e. The molecule has 7 nitrogen and oxygen atoms in total. The normalized spacial score (nSPS) is 18.9. The zero-order valence-electron chi connectivity index (χ0n) is 21.9.